The van der Waals surface area contributed by atoms with Gasteiger partial charge < -0.3 is 15.4 Å². The lowest BCUT2D eigenvalue weighted by Gasteiger charge is -2.23. The molecule has 1 heterocycles. The Morgan fingerprint density at radius 2 is 2.29 bits per heavy atom. The Bertz CT molecular complexity index is 429. The van der Waals surface area contributed by atoms with Crippen LogP contribution in [0.1, 0.15) is 6.42 Å². The monoisotopic (exact) mass is 232 g/mol. The van der Waals surface area contributed by atoms with Gasteiger partial charge in [0, 0.05) is 24.8 Å². The van der Waals surface area contributed by atoms with Crippen molar-refractivity contribution in [3.63, 3.8) is 0 Å². The highest BCUT2D eigenvalue weighted by Gasteiger charge is 2.14. The minimum absolute atomic E-state index is 0.0109. The minimum Gasteiger partial charge on any atom is -0.484 e. The number of amides is 1. The first-order valence-electron chi connectivity index (χ1n) is 5.67. The summed E-state index contributed by atoms with van der Waals surface area (Å²) < 4.78 is 5.41. The van der Waals surface area contributed by atoms with Crippen molar-refractivity contribution in [1.82, 2.24) is 4.90 Å². The summed E-state index contributed by atoms with van der Waals surface area (Å²) in [6.45, 7) is 1.52. The molecular formula is C13H16N2O2. The molecule has 0 fully saturated rings. The number of ether oxygens (including phenoxy) is 1. The van der Waals surface area contributed by atoms with Gasteiger partial charge in [-0.15, -0.1) is 0 Å². The predicted molar refractivity (Wildman–Crippen MR) is 66.7 cm³/mol. The van der Waals surface area contributed by atoms with Gasteiger partial charge >= 0.3 is 0 Å². The van der Waals surface area contributed by atoms with Crippen LogP contribution in [0.2, 0.25) is 0 Å². The van der Waals surface area contributed by atoms with E-state index in [1.54, 1.807) is 29.2 Å². The van der Waals surface area contributed by atoms with E-state index in [1.165, 1.54) is 0 Å². The molecule has 1 aliphatic rings. The van der Waals surface area contributed by atoms with E-state index in [-0.39, 0.29) is 12.5 Å². The highest BCUT2D eigenvalue weighted by molar-refractivity contribution is 5.78. The number of hydrogen-bond donors (Lipinski definition) is 1. The molecule has 1 aliphatic heterocycles. The zero-order valence-electron chi connectivity index (χ0n) is 9.63. The van der Waals surface area contributed by atoms with E-state index in [2.05, 4.69) is 6.08 Å². The summed E-state index contributed by atoms with van der Waals surface area (Å²) >= 11 is 0. The maximum atomic E-state index is 11.8. The molecule has 0 aliphatic carbocycles. The molecule has 0 saturated heterocycles. The first-order chi connectivity index (χ1) is 8.25. The third-order valence-corrected chi connectivity index (χ3v) is 2.63. The van der Waals surface area contributed by atoms with Crippen molar-refractivity contribution in [2.24, 2.45) is 0 Å². The zero-order valence-corrected chi connectivity index (χ0v) is 9.63. The summed E-state index contributed by atoms with van der Waals surface area (Å²) in [5.74, 6) is 0.641. The minimum atomic E-state index is 0.0109. The Hall–Kier alpha value is -1.97. The Balaban J connectivity index is 1.85. The largest absolute Gasteiger partial charge is 0.484 e. The second-order valence-corrected chi connectivity index (χ2v) is 3.96. The van der Waals surface area contributed by atoms with Crippen molar-refractivity contribution in [2.45, 2.75) is 6.42 Å². The molecule has 0 unspecified atom stereocenters. The number of nitrogen functional groups attached to an aromatic ring is 1. The number of nitrogens with zero attached hydrogens (tertiary/aromatic N) is 1. The maximum Gasteiger partial charge on any atom is 0.260 e. The molecular weight excluding hydrogens is 216 g/mol. The normalized spacial score (nSPS) is 14.7. The van der Waals surface area contributed by atoms with E-state index in [0.717, 1.165) is 13.0 Å². The molecule has 1 aromatic carbocycles. The fourth-order valence-electron chi connectivity index (χ4n) is 1.71. The van der Waals surface area contributed by atoms with Crippen LogP contribution in [0, 0.1) is 0 Å². The van der Waals surface area contributed by atoms with Gasteiger partial charge in [-0.3, -0.25) is 4.79 Å². The highest BCUT2D eigenvalue weighted by Crippen LogP contribution is 2.14. The molecule has 4 nitrogen and oxygen atoms in total. The summed E-state index contributed by atoms with van der Waals surface area (Å²) in [4.78, 5) is 13.6. The second-order valence-electron chi connectivity index (χ2n) is 3.96. The molecule has 1 amide bonds. The molecule has 0 aromatic heterocycles. The lowest BCUT2D eigenvalue weighted by molar-refractivity contribution is -0.133. The summed E-state index contributed by atoms with van der Waals surface area (Å²) in [5, 5.41) is 0. The maximum absolute atomic E-state index is 11.8. The molecule has 17 heavy (non-hydrogen) atoms. The van der Waals surface area contributed by atoms with E-state index in [0.29, 0.717) is 18.0 Å². The quantitative estimate of drug-likeness (QED) is 0.633. The average molecular weight is 232 g/mol. The van der Waals surface area contributed by atoms with Crippen molar-refractivity contribution in [1.29, 1.82) is 0 Å². The lowest BCUT2D eigenvalue weighted by atomic mass is 10.2. The summed E-state index contributed by atoms with van der Waals surface area (Å²) in [5.41, 5.74) is 6.26. The Morgan fingerprint density at radius 1 is 1.41 bits per heavy atom. The van der Waals surface area contributed by atoms with Crippen LogP contribution in [-0.4, -0.2) is 30.5 Å². The molecule has 0 radical (unpaired) electrons. The number of nitrogens with two attached hydrogens (primary N) is 1. The number of anilines is 1. The third-order valence-electron chi connectivity index (χ3n) is 2.63. The Morgan fingerprint density at radius 3 is 3.00 bits per heavy atom. The van der Waals surface area contributed by atoms with E-state index < -0.39 is 0 Å². The van der Waals surface area contributed by atoms with Crippen LogP contribution in [-0.2, 0) is 4.79 Å². The number of hydrogen-bond acceptors (Lipinski definition) is 3. The Labute approximate surface area is 101 Å². The number of carbonyl (C=O) groups is 1. The van der Waals surface area contributed by atoms with Gasteiger partial charge in [0.15, 0.2) is 6.61 Å². The SMILES string of the molecule is Nc1cccc(OCC(=O)N2CC=CCC2)c1. The smallest absolute Gasteiger partial charge is 0.260 e. The standard InChI is InChI=1S/C13H16N2O2/c14-11-5-4-6-12(9-11)17-10-13(16)15-7-2-1-3-8-15/h1-2,4-6,9H,3,7-8,10,14H2. The summed E-state index contributed by atoms with van der Waals surface area (Å²) in [6.07, 6.45) is 5.01. The lowest BCUT2D eigenvalue weighted by Crippen LogP contribution is -2.37. The van der Waals surface area contributed by atoms with E-state index >= 15 is 0 Å². The van der Waals surface area contributed by atoms with Crippen LogP contribution in [0.15, 0.2) is 36.4 Å². The average Bonchev–Trinajstić information content (AvgIpc) is 2.37. The molecule has 0 saturated carbocycles. The van der Waals surface area contributed by atoms with Gasteiger partial charge in [-0.2, -0.15) is 0 Å². The predicted octanol–water partition coefficient (Wildman–Crippen LogP) is 1.44. The summed E-state index contributed by atoms with van der Waals surface area (Å²) in [6, 6.07) is 7.09. The van der Waals surface area contributed by atoms with Crippen LogP contribution in [0.5, 0.6) is 5.75 Å². The molecule has 2 rings (SSSR count). The van der Waals surface area contributed by atoms with Gasteiger partial charge in [0.05, 0.1) is 0 Å². The molecule has 0 atom stereocenters. The van der Waals surface area contributed by atoms with Crippen molar-refractivity contribution >= 4 is 11.6 Å². The molecule has 1 aromatic rings. The first kappa shape index (κ1) is 11.5. The zero-order chi connectivity index (χ0) is 12.1. The number of benzene rings is 1. The van der Waals surface area contributed by atoms with Crippen molar-refractivity contribution < 1.29 is 9.53 Å². The van der Waals surface area contributed by atoms with Crippen molar-refractivity contribution in [2.75, 3.05) is 25.4 Å². The van der Waals surface area contributed by atoms with Crippen LogP contribution < -0.4 is 10.5 Å². The molecule has 0 spiro atoms. The number of carbonyl (C=O) groups excluding carboxylic acids is 1. The van der Waals surface area contributed by atoms with E-state index in [1.807, 2.05) is 6.08 Å². The van der Waals surface area contributed by atoms with Gasteiger partial charge in [0.2, 0.25) is 0 Å². The molecule has 90 valence electrons. The molecule has 4 heteroatoms. The Kier molecular flexibility index (Phi) is 3.65. The topological polar surface area (TPSA) is 55.6 Å². The number of rotatable bonds is 3. The van der Waals surface area contributed by atoms with Crippen LogP contribution in [0.4, 0.5) is 5.69 Å². The fraction of sp³-hybridized carbons (Fsp3) is 0.308. The second kappa shape index (κ2) is 5.39. The van der Waals surface area contributed by atoms with Gasteiger partial charge in [-0.05, 0) is 18.6 Å². The highest BCUT2D eigenvalue weighted by atomic mass is 16.5. The van der Waals surface area contributed by atoms with Gasteiger partial charge in [-0.1, -0.05) is 18.2 Å². The summed E-state index contributed by atoms with van der Waals surface area (Å²) in [7, 11) is 0. The first-order valence-corrected chi connectivity index (χ1v) is 5.67. The molecule has 0 bridgehead atoms. The van der Waals surface area contributed by atoms with Crippen molar-refractivity contribution in [3.05, 3.63) is 36.4 Å². The molecule has 2 N–H and O–H groups in total. The van der Waals surface area contributed by atoms with Gasteiger partial charge in [0.25, 0.3) is 5.91 Å². The van der Waals surface area contributed by atoms with E-state index in [9.17, 15) is 4.79 Å². The van der Waals surface area contributed by atoms with Gasteiger partial charge in [-0.25, -0.2) is 0 Å². The van der Waals surface area contributed by atoms with E-state index in [4.69, 9.17) is 10.5 Å². The van der Waals surface area contributed by atoms with Crippen LogP contribution in [0.25, 0.3) is 0 Å². The van der Waals surface area contributed by atoms with Crippen molar-refractivity contribution in [3.8, 4) is 5.75 Å². The fourth-order valence-corrected chi connectivity index (χ4v) is 1.71. The third kappa shape index (κ3) is 3.24. The van der Waals surface area contributed by atoms with Crippen LogP contribution >= 0.6 is 0 Å². The van der Waals surface area contributed by atoms with Gasteiger partial charge in [0.1, 0.15) is 5.75 Å². The van der Waals surface area contributed by atoms with Crippen LogP contribution in [0.3, 0.4) is 0 Å².